The summed E-state index contributed by atoms with van der Waals surface area (Å²) >= 11 is 11.3. The molecule has 1 amide bonds. The highest BCUT2D eigenvalue weighted by molar-refractivity contribution is 8.13. The Bertz CT molecular complexity index is 607. The summed E-state index contributed by atoms with van der Waals surface area (Å²) < 4.78 is 46.3. The lowest BCUT2D eigenvalue weighted by atomic mass is 10.2. The normalized spacial score (nSPS) is 11.7. The molecule has 1 aromatic rings. The summed E-state index contributed by atoms with van der Waals surface area (Å²) in [6, 6.07) is 1.82. The molecular formula is C9H6Cl3F2NO3S. The maximum absolute atomic E-state index is 12.0. The molecule has 0 aromatic heterocycles. The Morgan fingerprint density at radius 1 is 1.26 bits per heavy atom. The summed E-state index contributed by atoms with van der Waals surface area (Å²) in [4.78, 5) is 11.0. The van der Waals surface area contributed by atoms with E-state index in [1.54, 1.807) is 0 Å². The molecule has 1 rings (SSSR count). The number of alkyl halides is 2. The molecule has 0 saturated carbocycles. The molecule has 0 unspecified atom stereocenters. The lowest BCUT2D eigenvalue weighted by Crippen LogP contribution is -2.28. The number of rotatable bonds is 4. The Labute approximate surface area is 122 Å². The number of nitrogens with one attached hydrogen (secondary N) is 1. The molecule has 0 radical (unpaired) electrons. The van der Waals surface area contributed by atoms with Crippen LogP contribution in [0.15, 0.2) is 17.0 Å². The summed E-state index contributed by atoms with van der Waals surface area (Å²) in [7, 11) is 0.929. The Morgan fingerprint density at radius 2 is 1.84 bits per heavy atom. The predicted molar refractivity (Wildman–Crippen MR) is 67.8 cm³/mol. The van der Waals surface area contributed by atoms with Gasteiger partial charge in [0.2, 0.25) is 0 Å². The second kappa shape index (κ2) is 6.21. The molecule has 0 fully saturated rings. The molecule has 19 heavy (non-hydrogen) atoms. The van der Waals surface area contributed by atoms with E-state index in [4.69, 9.17) is 33.9 Å². The number of hydrogen-bond acceptors (Lipinski definition) is 3. The molecular weight excluding hydrogens is 347 g/mol. The van der Waals surface area contributed by atoms with Crippen molar-refractivity contribution in [2.75, 3.05) is 6.54 Å². The number of halogens is 5. The predicted octanol–water partition coefficient (Wildman–Crippen LogP) is 2.92. The van der Waals surface area contributed by atoms with Gasteiger partial charge in [-0.25, -0.2) is 17.2 Å². The molecule has 0 spiro atoms. The van der Waals surface area contributed by atoms with E-state index in [1.807, 2.05) is 5.32 Å². The van der Waals surface area contributed by atoms with E-state index >= 15 is 0 Å². The molecule has 0 atom stereocenters. The molecule has 0 bridgehead atoms. The minimum absolute atomic E-state index is 0.180. The standard InChI is InChI=1S/C9H6Cl3F2NO3S/c10-5-2-6(11)7(19(12,17)18)1-4(5)9(16)15-3-8(13)14/h1-2,8H,3H2,(H,15,16). The monoisotopic (exact) mass is 351 g/mol. The van der Waals surface area contributed by atoms with Gasteiger partial charge in [-0.2, -0.15) is 0 Å². The van der Waals surface area contributed by atoms with Crippen molar-refractivity contribution < 1.29 is 22.0 Å². The van der Waals surface area contributed by atoms with Crippen LogP contribution in [-0.2, 0) is 9.05 Å². The average molecular weight is 353 g/mol. The van der Waals surface area contributed by atoms with Crippen LogP contribution in [0, 0.1) is 0 Å². The van der Waals surface area contributed by atoms with Crippen molar-refractivity contribution in [2.24, 2.45) is 0 Å². The van der Waals surface area contributed by atoms with Gasteiger partial charge < -0.3 is 5.32 Å². The molecule has 0 heterocycles. The molecule has 1 N–H and O–H groups in total. The third kappa shape index (κ3) is 4.45. The number of benzene rings is 1. The van der Waals surface area contributed by atoms with Crippen LogP contribution in [-0.4, -0.2) is 27.3 Å². The van der Waals surface area contributed by atoms with Crippen molar-refractivity contribution in [2.45, 2.75) is 11.3 Å². The molecule has 0 aliphatic carbocycles. The third-order valence-electron chi connectivity index (χ3n) is 1.95. The largest absolute Gasteiger partial charge is 0.346 e. The third-order valence-corrected chi connectivity index (χ3v) is 4.05. The average Bonchev–Trinajstić information content (AvgIpc) is 2.24. The van der Waals surface area contributed by atoms with Crippen LogP contribution < -0.4 is 5.32 Å². The zero-order valence-electron chi connectivity index (χ0n) is 8.96. The first-order valence-electron chi connectivity index (χ1n) is 4.63. The first-order chi connectivity index (χ1) is 8.62. The summed E-state index contributed by atoms with van der Waals surface area (Å²) in [6.07, 6.45) is -2.74. The Kier molecular flexibility index (Phi) is 5.37. The number of amides is 1. The van der Waals surface area contributed by atoms with Crippen molar-refractivity contribution in [1.82, 2.24) is 5.32 Å². The van der Waals surface area contributed by atoms with Crippen LogP contribution >= 0.6 is 33.9 Å². The fourth-order valence-corrected chi connectivity index (χ4v) is 2.98. The first-order valence-corrected chi connectivity index (χ1v) is 7.69. The fraction of sp³-hybridized carbons (Fsp3) is 0.222. The van der Waals surface area contributed by atoms with Gasteiger partial charge in [0.25, 0.3) is 21.4 Å². The van der Waals surface area contributed by atoms with Gasteiger partial charge in [0.15, 0.2) is 0 Å². The summed E-state index contributed by atoms with van der Waals surface area (Å²) in [5.41, 5.74) is -0.314. The lowest BCUT2D eigenvalue weighted by molar-refractivity contribution is 0.0891. The summed E-state index contributed by atoms with van der Waals surface area (Å²) in [6.45, 7) is -0.888. The Morgan fingerprint density at radius 3 is 2.32 bits per heavy atom. The minimum Gasteiger partial charge on any atom is -0.346 e. The molecule has 10 heteroatoms. The smallest absolute Gasteiger partial charge is 0.262 e. The van der Waals surface area contributed by atoms with Crippen molar-refractivity contribution in [3.8, 4) is 0 Å². The number of carbonyl (C=O) groups is 1. The Balaban J connectivity index is 3.19. The SMILES string of the molecule is O=C(NCC(F)F)c1cc(S(=O)(=O)Cl)c(Cl)cc1Cl. The highest BCUT2D eigenvalue weighted by atomic mass is 35.7. The molecule has 4 nitrogen and oxygen atoms in total. The van der Waals surface area contributed by atoms with E-state index in [9.17, 15) is 22.0 Å². The van der Waals surface area contributed by atoms with Crippen LogP contribution in [0.2, 0.25) is 10.0 Å². The zero-order chi connectivity index (χ0) is 14.8. The van der Waals surface area contributed by atoms with Crippen molar-refractivity contribution in [1.29, 1.82) is 0 Å². The number of hydrogen-bond donors (Lipinski definition) is 1. The summed E-state index contributed by atoms with van der Waals surface area (Å²) in [5, 5.41) is 1.43. The van der Waals surface area contributed by atoms with Crippen LogP contribution in [0.25, 0.3) is 0 Å². The van der Waals surface area contributed by atoms with E-state index in [-0.39, 0.29) is 15.6 Å². The highest BCUT2D eigenvalue weighted by Gasteiger charge is 2.21. The first kappa shape index (κ1) is 16.4. The van der Waals surface area contributed by atoms with Crippen LogP contribution in [0.4, 0.5) is 8.78 Å². The van der Waals surface area contributed by atoms with Gasteiger partial charge in [-0.1, -0.05) is 23.2 Å². The van der Waals surface area contributed by atoms with E-state index in [2.05, 4.69) is 0 Å². The van der Waals surface area contributed by atoms with Crippen LogP contribution in [0.5, 0.6) is 0 Å². The van der Waals surface area contributed by atoms with Crippen molar-refractivity contribution in [3.05, 3.63) is 27.7 Å². The second-order valence-corrected chi connectivity index (χ2v) is 6.65. The molecule has 0 aliphatic rings. The highest BCUT2D eigenvalue weighted by Crippen LogP contribution is 2.30. The minimum atomic E-state index is -4.18. The second-order valence-electron chi connectivity index (χ2n) is 3.30. The quantitative estimate of drug-likeness (QED) is 0.848. The topological polar surface area (TPSA) is 63.2 Å². The Hall–Kier alpha value is -0.630. The zero-order valence-corrected chi connectivity index (χ0v) is 12.0. The van der Waals surface area contributed by atoms with Gasteiger partial charge in [0.1, 0.15) is 4.90 Å². The molecule has 106 valence electrons. The molecule has 0 aliphatic heterocycles. The van der Waals surface area contributed by atoms with Gasteiger partial charge >= 0.3 is 0 Å². The van der Waals surface area contributed by atoms with Gasteiger partial charge in [-0.05, 0) is 12.1 Å². The van der Waals surface area contributed by atoms with Crippen LogP contribution in [0.1, 0.15) is 10.4 Å². The van der Waals surface area contributed by atoms with Crippen LogP contribution in [0.3, 0.4) is 0 Å². The van der Waals surface area contributed by atoms with Gasteiger partial charge in [0, 0.05) is 10.7 Å². The van der Waals surface area contributed by atoms with Crippen molar-refractivity contribution in [3.63, 3.8) is 0 Å². The molecule has 0 saturated heterocycles. The van der Waals surface area contributed by atoms with Crippen molar-refractivity contribution >= 4 is 48.8 Å². The van der Waals surface area contributed by atoms with E-state index in [0.29, 0.717) is 0 Å². The van der Waals surface area contributed by atoms with Gasteiger partial charge in [-0.3, -0.25) is 4.79 Å². The van der Waals surface area contributed by atoms with Gasteiger partial charge in [-0.15, -0.1) is 0 Å². The van der Waals surface area contributed by atoms with E-state index in [1.165, 1.54) is 0 Å². The maximum atomic E-state index is 12.0. The number of carbonyl (C=O) groups excluding carboxylic acids is 1. The summed E-state index contributed by atoms with van der Waals surface area (Å²) in [5.74, 6) is -0.955. The lowest BCUT2D eigenvalue weighted by Gasteiger charge is -2.08. The fourth-order valence-electron chi connectivity index (χ4n) is 1.16. The van der Waals surface area contributed by atoms with Gasteiger partial charge in [0.05, 0.1) is 22.2 Å². The maximum Gasteiger partial charge on any atom is 0.262 e. The van der Waals surface area contributed by atoms with E-state index < -0.39 is 32.8 Å². The van der Waals surface area contributed by atoms with E-state index in [0.717, 1.165) is 12.1 Å². The molecule has 1 aromatic carbocycles.